The minimum atomic E-state index is 0.0479. The number of carbonyl (C=O) groups excluding carboxylic acids is 1. The van der Waals surface area contributed by atoms with Crippen LogP contribution in [-0.4, -0.2) is 22.5 Å². The van der Waals surface area contributed by atoms with Crippen molar-refractivity contribution in [1.82, 2.24) is 10.2 Å². The van der Waals surface area contributed by atoms with Gasteiger partial charge in [0, 0.05) is 0 Å². The van der Waals surface area contributed by atoms with E-state index in [2.05, 4.69) is 15.5 Å². The number of nitrogens with one attached hydrogen (secondary N) is 1. The van der Waals surface area contributed by atoms with E-state index in [-0.39, 0.29) is 12.3 Å². The maximum Gasteiger partial charge on any atom is 0.151 e. The minimum Gasteiger partial charge on any atom is -0.362 e. The van der Waals surface area contributed by atoms with Gasteiger partial charge >= 0.3 is 0 Å². The van der Waals surface area contributed by atoms with Crippen molar-refractivity contribution in [3.05, 3.63) is 17.3 Å². The maximum atomic E-state index is 10.5. The fourth-order valence-electron chi connectivity index (χ4n) is 0.625. The molecular formula is C7H8ClN3O. The van der Waals surface area contributed by atoms with Crippen LogP contribution in [-0.2, 0) is 4.79 Å². The highest BCUT2D eigenvalue weighted by Gasteiger charge is 1.95. The summed E-state index contributed by atoms with van der Waals surface area (Å²) < 4.78 is 0. The standard InChI is InChI=1S/C7H8ClN3O/c1-5(12)4-9-7-3-2-6(8)10-11-7/h2-3H,4H2,1H3,(H,9,11). The number of halogens is 1. The van der Waals surface area contributed by atoms with Gasteiger partial charge in [0.1, 0.15) is 11.6 Å². The molecule has 0 atom stereocenters. The first kappa shape index (κ1) is 8.93. The first-order valence-corrected chi connectivity index (χ1v) is 3.79. The molecule has 1 aromatic rings. The number of carbonyl (C=O) groups is 1. The number of hydrogen-bond acceptors (Lipinski definition) is 4. The van der Waals surface area contributed by atoms with E-state index in [1.807, 2.05) is 0 Å². The molecule has 0 bridgehead atoms. The van der Waals surface area contributed by atoms with Crippen molar-refractivity contribution in [2.45, 2.75) is 6.92 Å². The zero-order chi connectivity index (χ0) is 8.97. The summed E-state index contributed by atoms with van der Waals surface area (Å²) >= 11 is 5.51. The first-order chi connectivity index (χ1) is 5.68. The topological polar surface area (TPSA) is 54.9 Å². The van der Waals surface area contributed by atoms with Gasteiger partial charge in [-0.3, -0.25) is 4.79 Å². The molecule has 0 aliphatic rings. The molecule has 0 radical (unpaired) electrons. The van der Waals surface area contributed by atoms with Gasteiger partial charge in [-0.05, 0) is 19.1 Å². The molecule has 0 saturated heterocycles. The number of hydrogen-bond donors (Lipinski definition) is 1. The van der Waals surface area contributed by atoms with Crippen molar-refractivity contribution >= 4 is 23.2 Å². The van der Waals surface area contributed by atoms with Gasteiger partial charge in [-0.25, -0.2) is 0 Å². The van der Waals surface area contributed by atoms with E-state index in [1.54, 1.807) is 12.1 Å². The van der Waals surface area contributed by atoms with Crippen LogP contribution < -0.4 is 5.32 Å². The molecule has 0 unspecified atom stereocenters. The predicted octanol–water partition coefficient (Wildman–Crippen LogP) is 1.13. The second-order valence-electron chi connectivity index (χ2n) is 2.30. The maximum absolute atomic E-state index is 10.5. The Kier molecular flexibility index (Phi) is 2.99. The molecule has 0 spiro atoms. The van der Waals surface area contributed by atoms with Crippen LogP contribution in [0.25, 0.3) is 0 Å². The Bertz CT molecular complexity index is 272. The van der Waals surface area contributed by atoms with Crippen molar-refractivity contribution in [2.24, 2.45) is 0 Å². The molecule has 0 aromatic carbocycles. The van der Waals surface area contributed by atoms with Crippen LogP contribution in [0.2, 0.25) is 5.15 Å². The number of aromatic nitrogens is 2. The molecular weight excluding hydrogens is 178 g/mol. The highest BCUT2D eigenvalue weighted by molar-refractivity contribution is 6.29. The predicted molar refractivity (Wildman–Crippen MR) is 46.2 cm³/mol. The van der Waals surface area contributed by atoms with E-state index in [0.717, 1.165) is 0 Å². The Hall–Kier alpha value is -1.16. The lowest BCUT2D eigenvalue weighted by Gasteiger charge is -2.00. The lowest BCUT2D eigenvalue weighted by atomic mass is 10.4. The normalized spacial score (nSPS) is 9.50. The molecule has 1 N–H and O–H groups in total. The Labute approximate surface area is 74.9 Å². The van der Waals surface area contributed by atoms with Gasteiger partial charge in [0.05, 0.1) is 6.54 Å². The zero-order valence-corrected chi connectivity index (χ0v) is 7.30. The molecule has 12 heavy (non-hydrogen) atoms. The first-order valence-electron chi connectivity index (χ1n) is 3.41. The van der Waals surface area contributed by atoms with Crippen molar-refractivity contribution in [3.8, 4) is 0 Å². The number of anilines is 1. The minimum absolute atomic E-state index is 0.0479. The number of Topliss-reactive ketones (excluding diaryl/α,β-unsaturated/α-hetero) is 1. The number of nitrogens with zero attached hydrogens (tertiary/aromatic N) is 2. The highest BCUT2D eigenvalue weighted by Crippen LogP contribution is 2.05. The molecule has 1 rings (SSSR count). The fraction of sp³-hybridized carbons (Fsp3) is 0.286. The monoisotopic (exact) mass is 185 g/mol. The molecule has 4 nitrogen and oxygen atoms in total. The Morgan fingerprint density at radius 3 is 2.83 bits per heavy atom. The molecule has 0 saturated carbocycles. The van der Waals surface area contributed by atoms with Gasteiger partial charge in [0.2, 0.25) is 0 Å². The van der Waals surface area contributed by atoms with Crippen molar-refractivity contribution < 1.29 is 4.79 Å². The van der Waals surface area contributed by atoms with Gasteiger partial charge in [0.15, 0.2) is 5.15 Å². The quantitative estimate of drug-likeness (QED) is 0.767. The molecule has 0 amide bonds. The Morgan fingerprint density at radius 2 is 2.33 bits per heavy atom. The van der Waals surface area contributed by atoms with Crippen LogP contribution in [0.1, 0.15) is 6.92 Å². The van der Waals surface area contributed by atoms with Gasteiger partial charge in [-0.15, -0.1) is 10.2 Å². The summed E-state index contributed by atoms with van der Waals surface area (Å²) in [4.78, 5) is 10.5. The van der Waals surface area contributed by atoms with Crippen LogP contribution in [0.5, 0.6) is 0 Å². The molecule has 1 heterocycles. The fourth-order valence-corrected chi connectivity index (χ4v) is 0.726. The third kappa shape index (κ3) is 2.84. The zero-order valence-electron chi connectivity index (χ0n) is 6.54. The van der Waals surface area contributed by atoms with E-state index >= 15 is 0 Å². The van der Waals surface area contributed by atoms with Crippen LogP contribution in [0.3, 0.4) is 0 Å². The summed E-state index contributed by atoms with van der Waals surface area (Å²) in [7, 11) is 0. The summed E-state index contributed by atoms with van der Waals surface area (Å²) in [5.41, 5.74) is 0. The van der Waals surface area contributed by atoms with Crippen LogP contribution in [0, 0.1) is 0 Å². The average molecular weight is 186 g/mol. The molecule has 0 fully saturated rings. The van der Waals surface area contributed by atoms with Crippen molar-refractivity contribution in [1.29, 1.82) is 0 Å². The van der Waals surface area contributed by atoms with Crippen molar-refractivity contribution in [3.63, 3.8) is 0 Å². The molecule has 0 aliphatic heterocycles. The Morgan fingerprint density at radius 1 is 1.58 bits per heavy atom. The average Bonchev–Trinajstić information content (AvgIpc) is 2.03. The van der Waals surface area contributed by atoms with Gasteiger partial charge in [-0.2, -0.15) is 0 Å². The number of ketones is 1. The van der Waals surface area contributed by atoms with Crippen LogP contribution in [0.4, 0.5) is 5.82 Å². The summed E-state index contributed by atoms with van der Waals surface area (Å²) in [6.07, 6.45) is 0. The summed E-state index contributed by atoms with van der Waals surface area (Å²) in [5, 5.41) is 10.4. The van der Waals surface area contributed by atoms with E-state index in [9.17, 15) is 4.79 Å². The number of rotatable bonds is 3. The van der Waals surface area contributed by atoms with Gasteiger partial charge < -0.3 is 5.32 Å². The van der Waals surface area contributed by atoms with Gasteiger partial charge in [0.25, 0.3) is 0 Å². The molecule has 64 valence electrons. The van der Waals surface area contributed by atoms with E-state index in [0.29, 0.717) is 11.0 Å². The molecule has 1 aromatic heterocycles. The van der Waals surface area contributed by atoms with Crippen LogP contribution in [0.15, 0.2) is 12.1 Å². The van der Waals surface area contributed by atoms with E-state index in [1.165, 1.54) is 6.92 Å². The summed E-state index contributed by atoms with van der Waals surface area (Å²) in [6.45, 7) is 1.76. The summed E-state index contributed by atoms with van der Waals surface area (Å²) in [6, 6.07) is 3.27. The van der Waals surface area contributed by atoms with Crippen molar-refractivity contribution in [2.75, 3.05) is 11.9 Å². The molecule has 0 aliphatic carbocycles. The lowest BCUT2D eigenvalue weighted by Crippen LogP contribution is -2.11. The second kappa shape index (κ2) is 4.01. The SMILES string of the molecule is CC(=O)CNc1ccc(Cl)nn1. The highest BCUT2D eigenvalue weighted by atomic mass is 35.5. The smallest absolute Gasteiger partial charge is 0.151 e. The third-order valence-electron chi connectivity index (χ3n) is 1.15. The third-order valence-corrected chi connectivity index (χ3v) is 1.35. The summed E-state index contributed by atoms with van der Waals surface area (Å²) in [5.74, 6) is 0.598. The van der Waals surface area contributed by atoms with E-state index < -0.39 is 0 Å². The Balaban J connectivity index is 2.53. The largest absolute Gasteiger partial charge is 0.362 e. The van der Waals surface area contributed by atoms with Crippen LogP contribution >= 0.6 is 11.6 Å². The van der Waals surface area contributed by atoms with E-state index in [4.69, 9.17) is 11.6 Å². The second-order valence-corrected chi connectivity index (χ2v) is 2.68. The lowest BCUT2D eigenvalue weighted by molar-refractivity contribution is -0.115. The van der Waals surface area contributed by atoms with Gasteiger partial charge in [-0.1, -0.05) is 11.6 Å². The molecule has 5 heteroatoms.